The van der Waals surface area contributed by atoms with E-state index in [-0.39, 0.29) is 11.8 Å². The van der Waals surface area contributed by atoms with E-state index in [1.165, 1.54) is 5.56 Å². The number of benzene rings is 2. The molecule has 1 amide bonds. The van der Waals surface area contributed by atoms with Crippen molar-refractivity contribution in [1.82, 2.24) is 15.5 Å². The van der Waals surface area contributed by atoms with Crippen molar-refractivity contribution >= 4 is 11.9 Å². The molecule has 172 valence electrons. The van der Waals surface area contributed by atoms with Crippen LogP contribution >= 0.6 is 0 Å². The number of carbonyl (C=O) groups excluding carboxylic acids is 1. The molecule has 2 aromatic rings. The topological polar surface area (TPSA) is 75.2 Å². The summed E-state index contributed by atoms with van der Waals surface area (Å²) < 4.78 is 10.7. The highest BCUT2D eigenvalue weighted by atomic mass is 16.5. The molecule has 1 fully saturated rings. The van der Waals surface area contributed by atoms with Crippen LogP contribution in [0.1, 0.15) is 17.5 Å². The minimum atomic E-state index is 0.237. The van der Waals surface area contributed by atoms with Gasteiger partial charge in [-0.05, 0) is 29.7 Å². The Kier molecular flexibility index (Phi) is 9.37. The van der Waals surface area contributed by atoms with E-state index in [1.807, 2.05) is 47.4 Å². The molecule has 1 aliphatic heterocycles. The van der Waals surface area contributed by atoms with Crippen LogP contribution in [0.5, 0.6) is 5.75 Å². The van der Waals surface area contributed by atoms with Crippen molar-refractivity contribution in [3.05, 3.63) is 65.7 Å². The number of guanidine groups is 1. The first-order valence-electron chi connectivity index (χ1n) is 11.1. The van der Waals surface area contributed by atoms with Crippen LogP contribution in [-0.2, 0) is 22.5 Å². The molecule has 0 saturated carbocycles. The van der Waals surface area contributed by atoms with Crippen molar-refractivity contribution in [2.24, 2.45) is 10.9 Å². The van der Waals surface area contributed by atoms with Crippen LogP contribution in [-0.4, -0.2) is 63.8 Å². The number of aliphatic imine (C=N–C) groups is 1. The minimum Gasteiger partial charge on any atom is -0.491 e. The minimum absolute atomic E-state index is 0.237. The summed E-state index contributed by atoms with van der Waals surface area (Å²) in [7, 11) is 3.41. The van der Waals surface area contributed by atoms with Crippen LogP contribution in [0.3, 0.4) is 0 Å². The Hall–Kier alpha value is -3.06. The summed E-state index contributed by atoms with van der Waals surface area (Å²) in [4.78, 5) is 18.7. The van der Waals surface area contributed by atoms with E-state index in [4.69, 9.17) is 9.47 Å². The number of methoxy groups -OCH3 is 1. The third kappa shape index (κ3) is 7.57. The summed E-state index contributed by atoms with van der Waals surface area (Å²) in [6.45, 7) is 4.00. The van der Waals surface area contributed by atoms with Crippen molar-refractivity contribution in [1.29, 1.82) is 0 Å². The van der Waals surface area contributed by atoms with Crippen molar-refractivity contribution < 1.29 is 14.3 Å². The van der Waals surface area contributed by atoms with Crippen LogP contribution in [0.15, 0.2) is 59.6 Å². The summed E-state index contributed by atoms with van der Waals surface area (Å²) in [6.07, 6.45) is 1.48. The maximum atomic E-state index is 12.4. The lowest BCUT2D eigenvalue weighted by molar-refractivity contribution is -0.127. The number of likely N-dealkylation sites (tertiary alicyclic amines) is 1. The fourth-order valence-electron chi connectivity index (χ4n) is 3.75. The molecule has 0 spiro atoms. The van der Waals surface area contributed by atoms with Gasteiger partial charge in [-0.2, -0.15) is 0 Å². The molecule has 1 aliphatic rings. The van der Waals surface area contributed by atoms with Gasteiger partial charge in [0.15, 0.2) is 5.96 Å². The van der Waals surface area contributed by atoms with E-state index in [0.717, 1.165) is 36.8 Å². The van der Waals surface area contributed by atoms with E-state index in [0.29, 0.717) is 32.7 Å². The summed E-state index contributed by atoms with van der Waals surface area (Å²) >= 11 is 0. The van der Waals surface area contributed by atoms with Gasteiger partial charge in [-0.15, -0.1) is 0 Å². The Morgan fingerprint density at radius 1 is 1.09 bits per heavy atom. The summed E-state index contributed by atoms with van der Waals surface area (Å²) in [6, 6.07) is 18.3. The first-order chi connectivity index (χ1) is 15.7. The highest BCUT2D eigenvalue weighted by Crippen LogP contribution is 2.18. The van der Waals surface area contributed by atoms with Crippen molar-refractivity contribution in [3.8, 4) is 5.75 Å². The molecule has 0 bridgehead atoms. The lowest BCUT2D eigenvalue weighted by Gasteiger charge is -2.18. The van der Waals surface area contributed by atoms with Crippen molar-refractivity contribution in [2.45, 2.75) is 19.4 Å². The lowest BCUT2D eigenvalue weighted by atomic mass is 10.1. The van der Waals surface area contributed by atoms with Gasteiger partial charge in [0.05, 0.1) is 6.61 Å². The maximum absolute atomic E-state index is 12.4. The molecule has 1 unspecified atom stereocenters. The van der Waals surface area contributed by atoms with Gasteiger partial charge in [-0.25, -0.2) is 0 Å². The third-order valence-corrected chi connectivity index (χ3v) is 5.50. The zero-order chi connectivity index (χ0) is 22.6. The molecule has 0 aromatic heterocycles. The number of nitrogens with zero attached hydrogens (tertiary/aromatic N) is 2. The van der Waals surface area contributed by atoms with Crippen LogP contribution in [0.2, 0.25) is 0 Å². The van der Waals surface area contributed by atoms with Gasteiger partial charge in [-0.1, -0.05) is 42.5 Å². The maximum Gasteiger partial charge on any atom is 0.223 e. The summed E-state index contributed by atoms with van der Waals surface area (Å²) in [5, 5.41) is 6.70. The smallest absolute Gasteiger partial charge is 0.223 e. The molecule has 3 rings (SSSR count). The van der Waals surface area contributed by atoms with Crippen LogP contribution in [0.4, 0.5) is 0 Å². The first kappa shape index (κ1) is 23.6. The number of carbonyl (C=O) groups is 1. The fourth-order valence-corrected chi connectivity index (χ4v) is 3.75. The third-order valence-electron chi connectivity index (χ3n) is 5.50. The molecule has 2 aromatic carbocycles. The molecular weight excluding hydrogens is 404 g/mol. The number of ether oxygens (including phenoxy) is 2. The van der Waals surface area contributed by atoms with Gasteiger partial charge in [0.1, 0.15) is 12.4 Å². The predicted octanol–water partition coefficient (Wildman–Crippen LogP) is 2.47. The number of hydrogen-bond donors (Lipinski definition) is 2. The second-order valence-corrected chi connectivity index (χ2v) is 7.94. The predicted molar refractivity (Wildman–Crippen MR) is 127 cm³/mol. The molecule has 7 heteroatoms. The number of nitrogens with one attached hydrogen (secondary N) is 2. The quantitative estimate of drug-likeness (QED) is 0.320. The molecule has 7 nitrogen and oxygen atoms in total. The zero-order valence-corrected chi connectivity index (χ0v) is 19.0. The molecule has 0 aliphatic carbocycles. The molecule has 1 heterocycles. The van der Waals surface area contributed by atoms with Crippen molar-refractivity contribution in [2.75, 3.05) is 47.0 Å². The molecule has 0 radical (unpaired) electrons. The van der Waals surface area contributed by atoms with E-state index in [1.54, 1.807) is 14.2 Å². The average molecular weight is 439 g/mol. The first-order valence-corrected chi connectivity index (χ1v) is 11.1. The fraction of sp³-hybridized carbons (Fsp3) is 0.440. The Morgan fingerprint density at radius 3 is 2.69 bits per heavy atom. The molecule has 1 saturated heterocycles. The Labute approximate surface area is 190 Å². The van der Waals surface area contributed by atoms with Gasteiger partial charge in [0.25, 0.3) is 0 Å². The normalized spacial score (nSPS) is 16.3. The second-order valence-electron chi connectivity index (χ2n) is 7.94. The summed E-state index contributed by atoms with van der Waals surface area (Å²) in [5.74, 6) is 2.07. The van der Waals surface area contributed by atoms with Gasteiger partial charge in [0.2, 0.25) is 5.91 Å². The van der Waals surface area contributed by atoms with E-state index >= 15 is 0 Å². The lowest BCUT2D eigenvalue weighted by Crippen LogP contribution is -2.40. The van der Waals surface area contributed by atoms with Gasteiger partial charge >= 0.3 is 0 Å². The second kappa shape index (κ2) is 12.7. The number of hydrogen-bond acceptors (Lipinski definition) is 4. The highest BCUT2D eigenvalue weighted by molar-refractivity contribution is 5.80. The summed E-state index contributed by atoms with van der Waals surface area (Å²) in [5.41, 5.74) is 2.37. The Balaban J connectivity index is 1.40. The van der Waals surface area contributed by atoms with E-state index in [9.17, 15) is 4.79 Å². The standard InChI is InChI=1S/C25H34N4O3/c1-26-25(27-17-21-9-6-10-23(15-21)32-14-13-31-2)28-18-22-16-24(30)29(19-22)12-11-20-7-4-3-5-8-20/h3-10,15,22H,11-14,16-19H2,1-2H3,(H2,26,27,28). The van der Waals surface area contributed by atoms with Gasteiger partial charge in [0, 0.05) is 52.7 Å². The van der Waals surface area contributed by atoms with Crippen LogP contribution < -0.4 is 15.4 Å². The Morgan fingerprint density at radius 2 is 1.91 bits per heavy atom. The van der Waals surface area contributed by atoms with E-state index < -0.39 is 0 Å². The average Bonchev–Trinajstić information content (AvgIpc) is 3.18. The monoisotopic (exact) mass is 438 g/mol. The number of rotatable bonds is 11. The largest absolute Gasteiger partial charge is 0.491 e. The Bertz CT molecular complexity index is 873. The highest BCUT2D eigenvalue weighted by Gasteiger charge is 2.29. The zero-order valence-electron chi connectivity index (χ0n) is 19.0. The molecular formula is C25H34N4O3. The van der Waals surface area contributed by atoms with Crippen LogP contribution in [0, 0.1) is 5.92 Å². The SMILES string of the molecule is CN=C(NCc1cccc(OCCOC)c1)NCC1CC(=O)N(CCc2ccccc2)C1. The molecule has 2 N–H and O–H groups in total. The molecule has 1 atom stereocenters. The van der Waals surface area contributed by atoms with Gasteiger partial charge < -0.3 is 25.0 Å². The van der Waals surface area contributed by atoms with Gasteiger partial charge in [-0.3, -0.25) is 9.79 Å². The number of amides is 1. The van der Waals surface area contributed by atoms with Crippen LogP contribution in [0.25, 0.3) is 0 Å². The van der Waals surface area contributed by atoms with E-state index in [2.05, 4.69) is 27.8 Å². The molecule has 32 heavy (non-hydrogen) atoms. The van der Waals surface area contributed by atoms with Crippen molar-refractivity contribution in [3.63, 3.8) is 0 Å².